The molecule has 0 saturated heterocycles. The second-order valence-electron chi connectivity index (χ2n) is 4.31. The van der Waals surface area contributed by atoms with Gasteiger partial charge in [0.25, 0.3) is 0 Å². The van der Waals surface area contributed by atoms with E-state index in [1.165, 1.54) is 13.3 Å². The Kier molecular flexibility index (Phi) is 5.68. The normalized spacial score (nSPS) is 10.6. The minimum absolute atomic E-state index is 0.178. The lowest BCUT2D eigenvalue weighted by atomic mass is 10.2. The number of nitriles is 1. The Morgan fingerprint density at radius 2 is 2.33 bits per heavy atom. The number of benzene rings is 1. The lowest BCUT2D eigenvalue weighted by Gasteiger charge is -2.11. The van der Waals surface area contributed by atoms with Crippen LogP contribution in [0.1, 0.15) is 12.7 Å². The first kappa shape index (κ1) is 16.8. The number of ether oxygens (including phenoxy) is 2. The van der Waals surface area contributed by atoms with Crippen LogP contribution in [0.5, 0.6) is 5.75 Å². The highest BCUT2D eigenvalue weighted by atomic mass is 16.5. The van der Waals surface area contributed by atoms with Gasteiger partial charge in [0.15, 0.2) is 0 Å². The van der Waals surface area contributed by atoms with E-state index in [-0.39, 0.29) is 18.0 Å². The van der Waals surface area contributed by atoms with Crippen molar-refractivity contribution in [3.63, 3.8) is 0 Å². The summed E-state index contributed by atoms with van der Waals surface area (Å²) in [5.74, 6) is 0.608. The van der Waals surface area contributed by atoms with E-state index >= 15 is 0 Å². The van der Waals surface area contributed by atoms with Crippen LogP contribution in [0.4, 0.5) is 16.2 Å². The summed E-state index contributed by atoms with van der Waals surface area (Å²) in [6, 6.07) is 6.97. The number of aromatic amines is 1. The van der Waals surface area contributed by atoms with Gasteiger partial charge in [-0.05, 0) is 24.3 Å². The van der Waals surface area contributed by atoms with Crippen LogP contribution in [0.3, 0.4) is 0 Å². The Hall–Kier alpha value is -3.61. The molecule has 0 aliphatic heterocycles. The first-order valence-corrected chi connectivity index (χ1v) is 6.90. The van der Waals surface area contributed by atoms with E-state index in [0.717, 1.165) is 0 Å². The Morgan fingerprint density at radius 3 is 2.96 bits per heavy atom. The monoisotopic (exact) mass is 329 g/mol. The summed E-state index contributed by atoms with van der Waals surface area (Å²) in [6.07, 6.45) is 0.873. The first-order chi connectivity index (χ1) is 11.7. The second-order valence-corrected chi connectivity index (χ2v) is 4.31. The average molecular weight is 329 g/mol. The summed E-state index contributed by atoms with van der Waals surface area (Å²) in [5.41, 5.74) is 1.30. The van der Waals surface area contributed by atoms with E-state index in [1.807, 2.05) is 6.07 Å². The van der Waals surface area contributed by atoms with Gasteiger partial charge in [-0.15, -0.1) is 10.2 Å². The van der Waals surface area contributed by atoms with Crippen molar-refractivity contribution < 1.29 is 14.3 Å². The number of aromatic nitrogens is 4. The molecule has 0 atom stereocenters. The van der Waals surface area contributed by atoms with Crippen molar-refractivity contribution in [1.82, 2.24) is 20.6 Å². The summed E-state index contributed by atoms with van der Waals surface area (Å²) in [7, 11) is 1.48. The van der Waals surface area contributed by atoms with E-state index in [1.54, 1.807) is 25.1 Å². The number of amides is 1. The molecule has 0 fully saturated rings. The number of methoxy groups -OCH3 is 1. The van der Waals surface area contributed by atoms with Crippen molar-refractivity contribution in [1.29, 1.82) is 5.26 Å². The largest absolute Gasteiger partial charge is 0.494 e. The van der Waals surface area contributed by atoms with Crippen LogP contribution < -0.4 is 15.4 Å². The number of nitrogens with zero attached hydrogens (tertiary/aromatic N) is 4. The molecule has 10 nitrogen and oxygen atoms in total. The fraction of sp³-hybridized carbons (Fsp3) is 0.214. The Morgan fingerprint density at radius 1 is 1.50 bits per heavy atom. The number of carbonyl (C=O) groups excluding carboxylic acids is 1. The van der Waals surface area contributed by atoms with Crippen molar-refractivity contribution in [2.75, 3.05) is 24.4 Å². The standard InChI is InChI=1S/C14H15N7O3/c1-3-24-14(22)17-11-5-4-10(6-12(11)23-2)16-8-9(7-15)13-18-20-21-19-13/h4-6,8,16H,3H2,1-2H3,(H,17,22)(H,18,19,20,21). The molecule has 124 valence electrons. The fourth-order valence-corrected chi connectivity index (χ4v) is 1.74. The molecule has 0 spiro atoms. The molecule has 0 unspecified atom stereocenters. The van der Waals surface area contributed by atoms with Gasteiger partial charge in [0.1, 0.15) is 17.4 Å². The molecule has 0 bridgehead atoms. The number of rotatable bonds is 6. The number of allylic oxidation sites excluding steroid dienone is 1. The van der Waals surface area contributed by atoms with Gasteiger partial charge < -0.3 is 14.8 Å². The predicted octanol–water partition coefficient (Wildman–Crippen LogP) is 1.75. The zero-order valence-electron chi connectivity index (χ0n) is 13.0. The van der Waals surface area contributed by atoms with Gasteiger partial charge in [-0.1, -0.05) is 0 Å². The molecule has 1 aromatic heterocycles. The molecule has 1 amide bonds. The van der Waals surface area contributed by atoms with Crippen LogP contribution in [-0.4, -0.2) is 40.4 Å². The number of anilines is 2. The molecule has 2 aromatic rings. The van der Waals surface area contributed by atoms with Gasteiger partial charge in [-0.2, -0.15) is 10.5 Å². The molecular formula is C14H15N7O3. The van der Waals surface area contributed by atoms with Gasteiger partial charge in [0.05, 0.1) is 19.4 Å². The van der Waals surface area contributed by atoms with Crippen LogP contribution >= 0.6 is 0 Å². The van der Waals surface area contributed by atoms with Crippen LogP contribution in [0, 0.1) is 11.3 Å². The van der Waals surface area contributed by atoms with Crippen molar-refractivity contribution in [2.45, 2.75) is 6.92 Å². The molecule has 2 rings (SSSR count). The third kappa shape index (κ3) is 4.20. The molecule has 0 saturated carbocycles. The van der Waals surface area contributed by atoms with E-state index in [9.17, 15) is 4.79 Å². The van der Waals surface area contributed by atoms with E-state index in [0.29, 0.717) is 17.1 Å². The zero-order chi connectivity index (χ0) is 17.4. The molecular weight excluding hydrogens is 314 g/mol. The van der Waals surface area contributed by atoms with Crippen LogP contribution in [0.15, 0.2) is 24.4 Å². The van der Waals surface area contributed by atoms with Gasteiger partial charge in [-0.3, -0.25) is 5.32 Å². The number of tetrazole rings is 1. The summed E-state index contributed by atoms with van der Waals surface area (Å²) < 4.78 is 10.1. The number of hydrogen-bond acceptors (Lipinski definition) is 8. The molecule has 10 heteroatoms. The molecule has 0 radical (unpaired) electrons. The fourth-order valence-electron chi connectivity index (χ4n) is 1.74. The smallest absolute Gasteiger partial charge is 0.411 e. The average Bonchev–Trinajstić information content (AvgIpc) is 3.11. The first-order valence-electron chi connectivity index (χ1n) is 6.90. The van der Waals surface area contributed by atoms with Gasteiger partial charge in [0, 0.05) is 18.0 Å². The second kappa shape index (κ2) is 8.14. The lowest BCUT2D eigenvalue weighted by molar-refractivity contribution is 0.168. The number of H-pyrrole nitrogens is 1. The Balaban J connectivity index is 2.14. The highest BCUT2D eigenvalue weighted by Gasteiger charge is 2.09. The van der Waals surface area contributed by atoms with Crippen molar-refractivity contribution in [3.05, 3.63) is 30.2 Å². The number of nitrogens with one attached hydrogen (secondary N) is 3. The lowest BCUT2D eigenvalue weighted by Crippen LogP contribution is -2.14. The van der Waals surface area contributed by atoms with Crippen LogP contribution in [0.2, 0.25) is 0 Å². The summed E-state index contributed by atoms with van der Waals surface area (Å²) in [4.78, 5) is 11.5. The van der Waals surface area contributed by atoms with Gasteiger partial charge >= 0.3 is 6.09 Å². The maximum absolute atomic E-state index is 11.5. The third-order valence-corrected chi connectivity index (χ3v) is 2.80. The minimum atomic E-state index is -0.569. The minimum Gasteiger partial charge on any atom is -0.494 e. The Bertz CT molecular complexity index is 765. The number of carbonyl (C=O) groups is 1. The quantitative estimate of drug-likeness (QED) is 0.681. The van der Waals surface area contributed by atoms with Crippen LogP contribution in [0.25, 0.3) is 5.57 Å². The Labute approximate surface area is 137 Å². The predicted molar refractivity (Wildman–Crippen MR) is 85.0 cm³/mol. The molecule has 1 aromatic carbocycles. The molecule has 24 heavy (non-hydrogen) atoms. The van der Waals surface area contributed by atoms with E-state index in [4.69, 9.17) is 14.7 Å². The zero-order valence-corrected chi connectivity index (χ0v) is 13.0. The summed E-state index contributed by atoms with van der Waals surface area (Å²) in [6.45, 7) is 1.98. The van der Waals surface area contributed by atoms with Crippen molar-refractivity contribution in [3.8, 4) is 11.8 Å². The summed E-state index contributed by atoms with van der Waals surface area (Å²) in [5, 5.41) is 27.8. The molecule has 0 aliphatic carbocycles. The third-order valence-electron chi connectivity index (χ3n) is 2.80. The topological polar surface area (TPSA) is 138 Å². The van der Waals surface area contributed by atoms with Crippen molar-refractivity contribution in [2.24, 2.45) is 0 Å². The molecule has 1 heterocycles. The SMILES string of the molecule is CCOC(=O)Nc1ccc(NC=C(C#N)c2nn[nH]n2)cc1OC. The van der Waals surface area contributed by atoms with Gasteiger partial charge in [-0.25, -0.2) is 4.79 Å². The molecule has 3 N–H and O–H groups in total. The van der Waals surface area contributed by atoms with E-state index in [2.05, 4.69) is 31.3 Å². The van der Waals surface area contributed by atoms with Crippen LogP contribution in [-0.2, 0) is 4.74 Å². The van der Waals surface area contributed by atoms with E-state index < -0.39 is 6.09 Å². The highest BCUT2D eigenvalue weighted by Crippen LogP contribution is 2.28. The summed E-state index contributed by atoms with van der Waals surface area (Å²) >= 11 is 0. The number of hydrogen-bond donors (Lipinski definition) is 3. The van der Waals surface area contributed by atoms with Crippen molar-refractivity contribution >= 4 is 23.0 Å². The highest BCUT2D eigenvalue weighted by molar-refractivity contribution is 5.87. The maximum atomic E-state index is 11.5. The molecule has 0 aliphatic rings. The van der Waals surface area contributed by atoms with Gasteiger partial charge in [0.2, 0.25) is 5.82 Å². The maximum Gasteiger partial charge on any atom is 0.411 e.